The lowest BCUT2D eigenvalue weighted by molar-refractivity contribution is 0.155. The van der Waals surface area contributed by atoms with Gasteiger partial charge in [0.25, 0.3) is 0 Å². The van der Waals surface area contributed by atoms with Gasteiger partial charge in [0.15, 0.2) is 11.6 Å². The highest BCUT2D eigenvalue weighted by Crippen LogP contribution is 2.45. The standard InChI is InChI=1S/C31H50F2O/c1-3-5-7-9-10-12-24-13-15-25(16-14-24)26-17-19-27(20-18-26)28-21-22-29(31(33)30(28)32)34-23-11-8-6-4-2/h21-22,24-27H,3-20,23H2,1-2H3. The number of hydrogen-bond acceptors (Lipinski definition) is 1. The van der Waals surface area contributed by atoms with E-state index in [-0.39, 0.29) is 11.7 Å². The van der Waals surface area contributed by atoms with E-state index >= 15 is 0 Å². The lowest BCUT2D eigenvalue weighted by atomic mass is 9.68. The van der Waals surface area contributed by atoms with Gasteiger partial charge in [-0.1, -0.05) is 90.5 Å². The van der Waals surface area contributed by atoms with Crippen LogP contribution in [0.3, 0.4) is 0 Å². The zero-order valence-corrected chi connectivity index (χ0v) is 22.1. The third-order valence-corrected chi connectivity index (χ3v) is 8.82. The molecule has 0 spiro atoms. The lowest BCUT2D eigenvalue weighted by Gasteiger charge is -2.38. The summed E-state index contributed by atoms with van der Waals surface area (Å²) in [5.74, 6) is 1.39. The van der Waals surface area contributed by atoms with E-state index in [1.54, 1.807) is 12.1 Å². The van der Waals surface area contributed by atoms with Crippen LogP contribution in [0.4, 0.5) is 8.78 Å². The van der Waals surface area contributed by atoms with Gasteiger partial charge >= 0.3 is 0 Å². The molecule has 34 heavy (non-hydrogen) atoms. The zero-order chi connectivity index (χ0) is 24.2. The minimum Gasteiger partial charge on any atom is -0.490 e. The van der Waals surface area contributed by atoms with Crippen molar-refractivity contribution in [1.82, 2.24) is 0 Å². The number of ether oxygens (including phenoxy) is 1. The first-order valence-corrected chi connectivity index (χ1v) is 14.7. The van der Waals surface area contributed by atoms with Crippen molar-refractivity contribution in [3.8, 4) is 5.75 Å². The minimum absolute atomic E-state index is 0.0774. The number of unbranched alkanes of at least 4 members (excludes halogenated alkanes) is 7. The first-order valence-electron chi connectivity index (χ1n) is 14.7. The van der Waals surface area contributed by atoms with Crippen molar-refractivity contribution in [3.63, 3.8) is 0 Å². The predicted molar refractivity (Wildman–Crippen MR) is 140 cm³/mol. The summed E-state index contributed by atoms with van der Waals surface area (Å²) in [7, 11) is 0. The van der Waals surface area contributed by atoms with Crippen molar-refractivity contribution in [3.05, 3.63) is 29.3 Å². The summed E-state index contributed by atoms with van der Waals surface area (Å²) in [6.07, 6.45) is 22.6. The summed E-state index contributed by atoms with van der Waals surface area (Å²) >= 11 is 0. The van der Waals surface area contributed by atoms with Crippen LogP contribution >= 0.6 is 0 Å². The molecule has 0 amide bonds. The van der Waals surface area contributed by atoms with Gasteiger partial charge in [0.05, 0.1) is 6.61 Å². The fourth-order valence-electron chi connectivity index (χ4n) is 6.57. The van der Waals surface area contributed by atoms with Crippen LogP contribution in [0.25, 0.3) is 0 Å². The van der Waals surface area contributed by atoms with Crippen LogP contribution in [-0.2, 0) is 0 Å². The third kappa shape index (κ3) is 8.23. The molecule has 194 valence electrons. The molecule has 3 rings (SSSR count). The van der Waals surface area contributed by atoms with Gasteiger partial charge in [-0.05, 0) is 80.2 Å². The molecule has 0 bridgehead atoms. The molecule has 0 N–H and O–H groups in total. The maximum atomic E-state index is 14.9. The first kappa shape index (κ1) is 27.5. The van der Waals surface area contributed by atoms with Crippen molar-refractivity contribution in [2.24, 2.45) is 17.8 Å². The first-order chi connectivity index (χ1) is 16.6. The Morgan fingerprint density at radius 2 is 1.26 bits per heavy atom. The Bertz CT molecular complexity index is 687. The van der Waals surface area contributed by atoms with Crippen LogP contribution in [0.5, 0.6) is 5.75 Å². The van der Waals surface area contributed by atoms with Crippen LogP contribution in [0.15, 0.2) is 12.1 Å². The van der Waals surface area contributed by atoms with E-state index in [4.69, 9.17) is 4.74 Å². The SMILES string of the molecule is CCCCCCCC1CCC(C2CCC(c3ccc(OCCCCCC)c(F)c3F)CC2)CC1. The Kier molecular flexibility index (Phi) is 12.2. The number of rotatable bonds is 14. The second-order valence-electron chi connectivity index (χ2n) is 11.3. The highest BCUT2D eigenvalue weighted by molar-refractivity contribution is 5.33. The molecule has 3 heteroatoms. The van der Waals surface area contributed by atoms with Crippen molar-refractivity contribution in [2.45, 2.75) is 135 Å². The summed E-state index contributed by atoms with van der Waals surface area (Å²) in [4.78, 5) is 0. The smallest absolute Gasteiger partial charge is 0.200 e. The van der Waals surface area contributed by atoms with Crippen molar-refractivity contribution < 1.29 is 13.5 Å². The molecule has 1 nitrogen and oxygen atoms in total. The number of halogens is 2. The van der Waals surface area contributed by atoms with Gasteiger partial charge in [0.1, 0.15) is 0 Å². The van der Waals surface area contributed by atoms with E-state index < -0.39 is 11.6 Å². The number of hydrogen-bond donors (Lipinski definition) is 0. The van der Waals surface area contributed by atoms with Gasteiger partial charge < -0.3 is 4.74 Å². The van der Waals surface area contributed by atoms with Gasteiger partial charge in [0, 0.05) is 0 Å². The molecule has 0 aliphatic heterocycles. The molecule has 0 aromatic heterocycles. The number of benzene rings is 1. The van der Waals surface area contributed by atoms with Gasteiger partial charge in [-0.15, -0.1) is 0 Å². The molecule has 2 aliphatic carbocycles. The molecule has 0 unspecified atom stereocenters. The maximum Gasteiger partial charge on any atom is 0.200 e. The average molecular weight is 477 g/mol. The van der Waals surface area contributed by atoms with Crippen LogP contribution in [0, 0.1) is 29.4 Å². The molecule has 2 aliphatic rings. The van der Waals surface area contributed by atoms with Crippen LogP contribution in [0.1, 0.15) is 141 Å². The van der Waals surface area contributed by atoms with Crippen molar-refractivity contribution in [1.29, 1.82) is 0 Å². The van der Waals surface area contributed by atoms with E-state index in [0.717, 1.165) is 56.3 Å². The Labute approximate surface area is 208 Å². The summed E-state index contributed by atoms with van der Waals surface area (Å²) in [6.45, 7) is 4.90. The van der Waals surface area contributed by atoms with Gasteiger partial charge in [-0.3, -0.25) is 0 Å². The quantitative estimate of drug-likeness (QED) is 0.243. The highest BCUT2D eigenvalue weighted by Gasteiger charge is 2.32. The van der Waals surface area contributed by atoms with E-state index in [1.807, 2.05) is 0 Å². The van der Waals surface area contributed by atoms with Gasteiger partial charge in [0.2, 0.25) is 5.82 Å². The van der Waals surface area contributed by atoms with Gasteiger partial charge in [-0.25, -0.2) is 4.39 Å². The molecule has 0 atom stereocenters. The molecule has 2 fully saturated rings. The largest absolute Gasteiger partial charge is 0.490 e. The van der Waals surface area contributed by atoms with E-state index in [1.165, 1.54) is 77.0 Å². The third-order valence-electron chi connectivity index (χ3n) is 8.82. The van der Waals surface area contributed by atoms with Crippen LogP contribution < -0.4 is 4.74 Å². The molecule has 0 radical (unpaired) electrons. The monoisotopic (exact) mass is 476 g/mol. The van der Waals surface area contributed by atoms with Crippen LogP contribution in [-0.4, -0.2) is 6.61 Å². The summed E-state index contributed by atoms with van der Waals surface area (Å²) < 4.78 is 35.1. The second kappa shape index (κ2) is 15.1. The maximum absolute atomic E-state index is 14.9. The Balaban J connectivity index is 1.39. The van der Waals surface area contributed by atoms with E-state index in [9.17, 15) is 8.78 Å². The summed E-state index contributed by atoms with van der Waals surface area (Å²) in [5.41, 5.74) is 0.570. The zero-order valence-electron chi connectivity index (χ0n) is 22.1. The normalized spacial score (nSPS) is 25.4. The second-order valence-corrected chi connectivity index (χ2v) is 11.3. The Morgan fingerprint density at radius 1 is 0.676 bits per heavy atom. The molecule has 1 aromatic carbocycles. The average Bonchev–Trinajstić information content (AvgIpc) is 2.87. The minimum atomic E-state index is -0.789. The van der Waals surface area contributed by atoms with Crippen molar-refractivity contribution >= 4 is 0 Å². The molecule has 0 heterocycles. The van der Waals surface area contributed by atoms with Crippen LogP contribution in [0.2, 0.25) is 0 Å². The molecule has 2 saturated carbocycles. The molecule has 1 aromatic rings. The van der Waals surface area contributed by atoms with E-state index in [0.29, 0.717) is 12.2 Å². The van der Waals surface area contributed by atoms with Gasteiger partial charge in [-0.2, -0.15) is 4.39 Å². The molecular formula is C31H50F2O. The molecular weight excluding hydrogens is 426 g/mol. The topological polar surface area (TPSA) is 9.23 Å². The molecule has 0 saturated heterocycles. The Morgan fingerprint density at radius 3 is 1.91 bits per heavy atom. The fraction of sp³-hybridized carbons (Fsp3) is 0.806. The summed E-state index contributed by atoms with van der Waals surface area (Å²) in [5, 5.41) is 0. The lowest BCUT2D eigenvalue weighted by Crippen LogP contribution is -2.25. The highest BCUT2D eigenvalue weighted by atomic mass is 19.2. The van der Waals surface area contributed by atoms with E-state index in [2.05, 4.69) is 13.8 Å². The Hall–Kier alpha value is -1.12. The fourth-order valence-corrected chi connectivity index (χ4v) is 6.57. The predicted octanol–water partition coefficient (Wildman–Crippen LogP) is 10.4. The summed E-state index contributed by atoms with van der Waals surface area (Å²) in [6, 6.07) is 3.44. The van der Waals surface area contributed by atoms with Crippen molar-refractivity contribution in [2.75, 3.05) is 6.61 Å².